The van der Waals surface area contributed by atoms with Crippen LogP contribution in [0, 0.1) is 22.7 Å². The first kappa shape index (κ1) is 11.0. The maximum Gasteiger partial charge on any atom is -0.000519 e. The molecule has 1 aliphatic heterocycles. The lowest BCUT2D eigenvalue weighted by molar-refractivity contribution is 0.0184. The van der Waals surface area contributed by atoms with Gasteiger partial charge in [-0.3, -0.25) is 0 Å². The molecule has 13 heavy (non-hydrogen) atoms. The Balaban J connectivity index is 2.76. The lowest BCUT2D eigenvalue weighted by Gasteiger charge is -2.49. The van der Waals surface area contributed by atoms with Gasteiger partial charge in [0.2, 0.25) is 0 Å². The van der Waals surface area contributed by atoms with E-state index in [9.17, 15) is 0 Å². The van der Waals surface area contributed by atoms with Crippen molar-refractivity contribution >= 4 is 0 Å². The van der Waals surface area contributed by atoms with Crippen molar-refractivity contribution in [2.75, 3.05) is 13.1 Å². The Kier molecular flexibility index (Phi) is 2.78. The molecule has 0 aliphatic carbocycles. The van der Waals surface area contributed by atoms with Crippen LogP contribution in [0.2, 0.25) is 0 Å². The van der Waals surface area contributed by atoms with Crippen molar-refractivity contribution in [2.45, 2.75) is 41.5 Å². The highest BCUT2D eigenvalue weighted by Gasteiger charge is 2.42. The predicted molar refractivity (Wildman–Crippen MR) is 58.8 cm³/mol. The highest BCUT2D eigenvalue weighted by atomic mass is 15.0. The summed E-state index contributed by atoms with van der Waals surface area (Å²) in [6.07, 6.45) is 0. The van der Waals surface area contributed by atoms with E-state index < -0.39 is 0 Å². The number of rotatable bonds is 1. The SMILES string of the molecule is CC(C)(C)C(C1CNC1)C(C)(C)C. The molecule has 0 aromatic carbocycles. The minimum Gasteiger partial charge on any atom is -0.316 e. The Labute approximate surface area is 83.3 Å². The van der Waals surface area contributed by atoms with Crippen LogP contribution < -0.4 is 5.32 Å². The Morgan fingerprint density at radius 3 is 1.38 bits per heavy atom. The molecule has 1 heteroatoms. The van der Waals surface area contributed by atoms with Gasteiger partial charge in [0.15, 0.2) is 0 Å². The second-order valence-electron chi connectivity index (χ2n) is 6.63. The third-order valence-electron chi connectivity index (χ3n) is 3.15. The summed E-state index contributed by atoms with van der Waals surface area (Å²) in [4.78, 5) is 0. The van der Waals surface area contributed by atoms with Crippen molar-refractivity contribution in [3.05, 3.63) is 0 Å². The van der Waals surface area contributed by atoms with Gasteiger partial charge in [0.1, 0.15) is 0 Å². The van der Waals surface area contributed by atoms with Crippen LogP contribution in [0.25, 0.3) is 0 Å². The molecule has 1 fully saturated rings. The second-order valence-corrected chi connectivity index (χ2v) is 6.63. The van der Waals surface area contributed by atoms with Crippen molar-refractivity contribution in [1.29, 1.82) is 0 Å². The van der Waals surface area contributed by atoms with Crippen molar-refractivity contribution in [2.24, 2.45) is 22.7 Å². The van der Waals surface area contributed by atoms with E-state index in [-0.39, 0.29) is 0 Å². The number of hydrogen-bond acceptors (Lipinski definition) is 1. The van der Waals surface area contributed by atoms with Crippen LogP contribution in [0.15, 0.2) is 0 Å². The molecule has 1 saturated heterocycles. The highest BCUT2D eigenvalue weighted by Crippen LogP contribution is 2.45. The van der Waals surface area contributed by atoms with Crippen LogP contribution in [-0.4, -0.2) is 13.1 Å². The summed E-state index contributed by atoms with van der Waals surface area (Å²) in [6.45, 7) is 16.7. The molecule has 0 radical (unpaired) electrons. The molecule has 0 saturated carbocycles. The molecule has 1 rings (SSSR count). The molecule has 0 atom stereocenters. The van der Waals surface area contributed by atoms with Gasteiger partial charge >= 0.3 is 0 Å². The smallest absolute Gasteiger partial charge is 0.000519 e. The molecular formula is C12H25N. The van der Waals surface area contributed by atoms with E-state index in [1.54, 1.807) is 0 Å². The molecule has 0 unspecified atom stereocenters. The summed E-state index contributed by atoms with van der Waals surface area (Å²) in [5.41, 5.74) is 0.871. The molecule has 0 aromatic rings. The van der Waals surface area contributed by atoms with Crippen LogP contribution >= 0.6 is 0 Å². The fraction of sp³-hybridized carbons (Fsp3) is 1.00. The predicted octanol–water partition coefficient (Wildman–Crippen LogP) is 2.91. The van der Waals surface area contributed by atoms with Gasteiger partial charge in [-0.25, -0.2) is 0 Å². The van der Waals surface area contributed by atoms with Gasteiger partial charge in [-0.05, 0) is 35.8 Å². The third kappa shape index (κ3) is 2.46. The Bertz CT molecular complexity index is 153. The van der Waals surface area contributed by atoms with Gasteiger partial charge in [0, 0.05) is 0 Å². The normalized spacial score (nSPS) is 20.5. The molecule has 78 valence electrons. The quantitative estimate of drug-likeness (QED) is 0.659. The van der Waals surface area contributed by atoms with Crippen LogP contribution in [0.4, 0.5) is 0 Å². The minimum atomic E-state index is 0.436. The molecule has 1 N–H and O–H groups in total. The van der Waals surface area contributed by atoms with Crippen LogP contribution in [0.1, 0.15) is 41.5 Å². The van der Waals surface area contributed by atoms with E-state index >= 15 is 0 Å². The fourth-order valence-electron chi connectivity index (χ4n) is 3.26. The standard InChI is InChI=1S/C12H25N/c1-11(2,3)10(12(4,5)6)9-7-13-8-9/h9-10,13H,7-8H2,1-6H3. The maximum atomic E-state index is 3.39. The molecule has 1 heterocycles. The topological polar surface area (TPSA) is 12.0 Å². The molecule has 0 spiro atoms. The zero-order chi connectivity index (χ0) is 10.3. The van der Waals surface area contributed by atoms with Crippen molar-refractivity contribution in [3.63, 3.8) is 0 Å². The molecular weight excluding hydrogens is 158 g/mol. The first-order valence-corrected chi connectivity index (χ1v) is 5.43. The lowest BCUT2D eigenvalue weighted by Crippen LogP contribution is -2.53. The third-order valence-corrected chi connectivity index (χ3v) is 3.15. The molecule has 0 bridgehead atoms. The average molecular weight is 183 g/mol. The van der Waals surface area contributed by atoms with Crippen LogP contribution in [0.5, 0.6) is 0 Å². The van der Waals surface area contributed by atoms with Gasteiger partial charge in [-0.15, -0.1) is 0 Å². The van der Waals surface area contributed by atoms with Gasteiger partial charge in [-0.1, -0.05) is 41.5 Å². The van der Waals surface area contributed by atoms with E-state index in [1.165, 1.54) is 13.1 Å². The zero-order valence-electron chi connectivity index (χ0n) is 10.1. The Morgan fingerprint density at radius 1 is 0.923 bits per heavy atom. The zero-order valence-corrected chi connectivity index (χ0v) is 10.1. The second kappa shape index (κ2) is 3.27. The van der Waals surface area contributed by atoms with Gasteiger partial charge in [0.05, 0.1) is 0 Å². The van der Waals surface area contributed by atoms with E-state index in [4.69, 9.17) is 0 Å². The summed E-state index contributed by atoms with van der Waals surface area (Å²) < 4.78 is 0. The molecule has 1 nitrogen and oxygen atoms in total. The van der Waals surface area contributed by atoms with E-state index in [0.29, 0.717) is 10.8 Å². The monoisotopic (exact) mass is 183 g/mol. The van der Waals surface area contributed by atoms with Crippen LogP contribution in [0.3, 0.4) is 0 Å². The summed E-state index contributed by atoms with van der Waals surface area (Å²) in [5.74, 6) is 1.71. The fourth-order valence-corrected chi connectivity index (χ4v) is 3.26. The Hall–Kier alpha value is -0.0400. The van der Waals surface area contributed by atoms with Crippen molar-refractivity contribution in [3.8, 4) is 0 Å². The maximum absolute atomic E-state index is 3.39. The van der Waals surface area contributed by atoms with E-state index in [2.05, 4.69) is 46.9 Å². The van der Waals surface area contributed by atoms with Crippen molar-refractivity contribution < 1.29 is 0 Å². The summed E-state index contributed by atoms with van der Waals surface area (Å²) >= 11 is 0. The van der Waals surface area contributed by atoms with Crippen LogP contribution in [-0.2, 0) is 0 Å². The first-order chi connectivity index (χ1) is 5.73. The molecule has 1 aliphatic rings. The lowest BCUT2D eigenvalue weighted by atomic mass is 9.60. The van der Waals surface area contributed by atoms with Gasteiger partial charge in [-0.2, -0.15) is 0 Å². The largest absolute Gasteiger partial charge is 0.316 e. The molecule has 0 amide bonds. The summed E-state index contributed by atoms with van der Waals surface area (Å²) in [6, 6.07) is 0. The van der Waals surface area contributed by atoms with Gasteiger partial charge < -0.3 is 5.32 Å². The minimum absolute atomic E-state index is 0.436. The van der Waals surface area contributed by atoms with Gasteiger partial charge in [0.25, 0.3) is 0 Å². The van der Waals surface area contributed by atoms with Crippen molar-refractivity contribution in [1.82, 2.24) is 5.32 Å². The van der Waals surface area contributed by atoms with E-state index in [1.807, 2.05) is 0 Å². The van der Waals surface area contributed by atoms with E-state index in [0.717, 1.165) is 11.8 Å². The Morgan fingerprint density at radius 2 is 1.31 bits per heavy atom. The number of hydrogen-bond donors (Lipinski definition) is 1. The average Bonchev–Trinajstić information content (AvgIpc) is 1.71. The number of nitrogens with one attached hydrogen (secondary N) is 1. The summed E-state index contributed by atoms with van der Waals surface area (Å²) in [5, 5.41) is 3.39. The molecule has 0 aromatic heterocycles. The summed E-state index contributed by atoms with van der Waals surface area (Å²) in [7, 11) is 0. The highest BCUT2D eigenvalue weighted by molar-refractivity contribution is 4.93. The first-order valence-electron chi connectivity index (χ1n) is 5.43.